The quantitative estimate of drug-likeness (QED) is 0.358. The van der Waals surface area contributed by atoms with Gasteiger partial charge in [0.05, 0.1) is 59.7 Å². The van der Waals surface area contributed by atoms with Gasteiger partial charge in [-0.2, -0.15) is 0 Å². The fourth-order valence-corrected chi connectivity index (χ4v) is 5.89. The summed E-state index contributed by atoms with van der Waals surface area (Å²) in [6, 6.07) is 5.42. The molecule has 0 unspecified atom stereocenters. The molecule has 0 atom stereocenters. The van der Waals surface area contributed by atoms with Gasteiger partial charge in [-0.05, 0) is 61.8 Å². The molecule has 0 spiro atoms. The normalized spacial score (nSPS) is 14.1. The Bertz CT molecular complexity index is 1400. The SMILES string of the molecule is CCOC(=O)C1=C(C)NC(C)=C(C(=O)OCC)C1c1c(-c2cc(OC)ccc2OC)nc2sc(Br)cn12. The Hall–Kier alpha value is -3.31. The van der Waals surface area contributed by atoms with Gasteiger partial charge in [-0.1, -0.05) is 11.3 Å². The minimum atomic E-state index is -0.832. The molecule has 1 aromatic carbocycles. The van der Waals surface area contributed by atoms with Crippen molar-refractivity contribution >= 4 is 44.2 Å². The number of hydrogen-bond donors (Lipinski definition) is 1. The third-order valence-electron chi connectivity index (χ3n) is 6.02. The van der Waals surface area contributed by atoms with E-state index in [2.05, 4.69) is 21.2 Å². The number of esters is 2. The van der Waals surface area contributed by atoms with E-state index in [0.29, 0.717) is 56.0 Å². The van der Waals surface area contributed by atoms with Crippen LogP contribution in [0, 0.1) is 0 Å². The van der Waals surface area contributed by atoms with Gasteiger partial charge in [0, 0.05) is 23.2 Å². The van der Waals surface area contributed by atoms with E-state index in [0.717, 1.165) is 3.79 Å². The van der Waals surface area contributed by atoms with Crippen LogP contribution in [0.2, 0.25) is 0 Å². The molecule has 0 amide bonds. The Kier molecular flexibility index (Phi) is 7.93. The molecule has 0 saturated heterocycles. The first-order valence-electron chi connectivity index (χ1n) is 11.7. The van der Waals surface area contributed by atoms with Gasteiger partial charge in [-0.15, -0.1) is 0 Å². The molecule has 11 heteroatoms. The molecule has 2 aromatic heterocycles. The van der Waals surface area contributed by atoms with Gasteiger partial charge in [0.2, 0.25) is 0 Å². The highest BCUT2D eigenvalue weighted by atomic mass is 79.9. The van der Waals surface area contributed by atoms with Crippen LogP contribution < -0.4 is 14.8 Å². The van der Waals surface area contributed by atoms with Gasteiger partial charge in [0.25, 0.3) is 0 Å². The molecular formula is C26H28BrN3O6S. The Labute approximate surface area is 227 Å². The van der Waals surface area contributed by atoms with Crippen LogP contribution in [0.4, 0.5) is 0 Å². The van der Waals surface area contributed by atoms with Gasteiger partial charge in [0.1, 0.15) is 11.5 Å². The molecule has 3 aromatic rings. The molecule has 37 heavy (non-hydrogen) atoms. The average Bonchev–Trinajstić information content (AvgIpc) is 3.38. The molecule has 196 valence electrons. The summed E-state index contributed by atoms with van der Waals surface area (Å²) in [6.07, 6.45) is 1.87. The summed E-state index contributed by atoms with van der Waals surface area (Å²) < 4.78 is 24.8. The Morgan fingerprint density at radius 1 is 1.05 bits per heavy atom. The van der Waals surface area contributed by atoms with Crippen LogP contribution in [0.1, 0.15) is 39.3 Å². The number of dihydropyridines is 1. The molecule has 0 radical (unpaired) electrons. The zero-order chi connectivity index (χ0) is 26.9. The standard InChI is InChI=1S/C26H28BrN3O6S/c1-7-35-24(31)19-13(3)28-14(4)20(25(32)36-8-2)21(19)23-22(29-26-30(23)12-18(27)37-26)16-11-15(33-5)9-10-17(16)34-6/h9-12,21,28H,7-8H2,1-6H3. The van der Waals surface area contributed by atoms with Crippen LogP contribution in [0.25, 0.3) is 16.2 Å². The second-order valence-corrected chi connectivity index (χ2v) is 10.6. The number of nitrogens with zero attached hydrogens (tertiary/aromatic N) is 2. The number of carbonyl (C=O) groups is 2. The third-order valence-corrected chi connectivity index (χ3v) is 7.48. The minimum Gasteiger partial charge on any atom is -0.497 e. The lowest BCUT2D eigenvalue weighted by Gasteiger charge is -2.30. The second kappa shape index (κ2) is 11.0. The highest BCUT2D eigenvalue weighted by Gasteiger charge is 2.42. The number of carbonyl (C=O) groups excluding carboxylic acids is 2. The summed E-state index contributed by atoms with van der Waals surface area (Å²) in [4.78, 5) is 32.4. The van der Waals surface area contributed by atoms with Crippen molar-refractivity contribution in [3.05, 3.63) is 56.4 Å². The Morgan fingerprint density at radius 3 is 2.22 bits per heavy atom. The van der Waals surface area contributed by atoms with Gasteiger partial charge in [-0.3, -0.25) is 4.40 Å². The number of methoxy groups -OCH3 is 2. The first-order valence-corrected chi connectivity index (χ1v) is 13.3. The predicted molar refractivity (Wildman–Crippen MR) is 144 cm³/mol. The number of aromatic nitrogens is 2. The first kappa shape index (κ1) is 26.7. The monoisotopic (exact) mass is 589 g/mol. The maximum Gasteiger partial charge on any atom is 0.336 e. The summed E-state index contributed by atoms with van der Waals surface area (Å²) in [5.74, 6) is -0.710. The lowest BCUT2D eigenvalue weighted by molar-refractivity contribution is -0.139. The molecule has 0 aliphatic carbocycles. The Balaban J connectivity index is 2.11. The van der Waals surface area contributed by atoms with Crippen LogP contribution in [0.15, 0.2) is 50.7 Å². The van der Waals surface area contributed by atoms with Crippen molar-refractivity contribution < 1.29 is 28.5 Å². The summed E-state index contributed by atoms with van der Waals surface area (Å²) in [7, 11) is 3.16. The molecular weight excluding hydrogens is 562 g/mol. The number of ether oxygens (including phenoxy) is 4. The zero-order valence-corrected chi connectivity index (χ0v) is 23.8. The zero-order valence-electron chi connectivity index (χ0n) is 21.4. The van der Waals surface area contributed by atoms with Crippen LogP contribution in [-0.2, 0) is 19.1 Å². The van der Waals surface area contributed by atoms with E-state index in [9.17, 15) is 9.59 Å². The minimum absolute atomic E-state index is 0.183. The third kappa shape index (κ3) is 4.85. The van der Waals surface area contributed by atoms with E-state index in [-0.39, 0.29) is 13.2 Å². The maximum absolute atomic E-state index is 13.4. The van der Waals surface area contributed by atoms with Crippen molar-refractivity contribution in [3.63, 3.8) is 0 Å². The van der Waals surface area contributed by atoms with Crippen molar-refractivity contribution in [1.29, 1.82) is 0 Å². The van der Waals surface area contributed by atoms with Gasteiger partial charge in [-0.25, -0.2) is 14.6 Å². The molecule has 0 bridgehead atoms. The number of fused-ring (bicyclic) bond motifs is 1. The number of nitrogens with one attached hydrogen (secondary N) is 1. The number of halogens is 1. The molecule has 0 fully saturated rings. The van der Waals surface area contributed by atoms with E-state index in [1.807, 2.05) is 16.7 Å². The summed E-state index contributed by atoms with van der Waals surface area (Å²) >= 11 is 4.98. The van der Waals surface area contributed by atoms with Crippen molar-refractivity contribution in [2.45, 2.75) is 33.6 Å². The number of rotatable bonds is 8. The number of benzene rings is 1. The van der Waals surface area contributed by atoms with E-state index in [4.69, 9.17) is 23.9 Å². The lowest BCUT2D eigenvalue weighted by Crippen LogP contribution is -2.33. The molecule has 1 aliphatic heterocycles. The molecule has 1 N–H and O–H groups in total. The molecule has 1 aliphatic rings. The summed E-state index contributed by atoms with van der Waals surface area (Å²) in [5.41, 5.74) is 3.60. The number of allylic oxidation sites excluding steroid dienone is 2. The topological polar surface area (TPSA) is 100 Å². The number of thiazole rings is 1. The second-order valence-electron chi connectivity index (χ2n) is 8.18. The maximum atomic E-state index is 13.4. The van der Waals surface area contributed by atoms with Crippen molar-refractivity contribution in [1.82, 2.24) is 14.7 Å². The van der Waals surface area contributed by atoms with E-state index in [1.54, 1.807) is 54.0 Å². The van der Waals surface area contributed by atoms with E-state index in [1.165, 1.54) is 11.3 Å². The van der Waals surface area contributed by atoms with Crippen LogP contribution >= 0.6 is 27.3 Å². The molecule has 4 rings (SSSR count). The highest BCUT2D eigenvalue weighted by molar-refractivity contribution is 9.11. The van der Waals surface area contributed by atoms with Crippen molar-refractivity contribution in [3.8, 4) is 22.8 Å². The number of hydrogen-bond acceptors (Lipinski definition) is 9. The summed E-state index contributed by atoms with van der Waals surface area (Å²) in [5, 5.41) is 3.18. The van der Waals surface area contributed by atoms with Crippen LogP contribution in [0.5, 0.6) is 11.5 Å². The smallest absolute Gasteiger partial charge is 0.336 e. The average molecular weight is 590 g/mol. The summed E-state index contributed by atoms with van der Waals surface area (Å²) in [6.45, 7) is 7.43. The molecule has 0 saturated carbocycles. The van der Waals surface area contributed by atoms with Crippen molar-refractivity contribution in [2.24, 2.45) is 0 Å². The Morgan fingerprint density at radius 2 is 1.68 bits per heavy atom. The van der Waals surface area contributed by atoms with Gasteiger partial charge in [0.15, 0.2) is 4.96 Å². The first-order chi connectivity index (χ1) is 17.7. The largest absolute Gasteiger partial charge is 0.497 e. The van der Waals surface area contributed by atoms with Crippen LogP contribution in [0.3, 0.4) is 0 Å². The van der Waals surface area contributed by atoms with Gasteiger partial charge < -0.3 is 24.3 Å². The highest BCUT2D eigenvalue weighted by Crippen LogP contribution is 2.46. The van der Waals surface area contributed by atoms with E-state index < -0.39 is 17.9 Å². The fourth-order valence-electron chi connectivity index (χ4n) is 4.54. The predicted octanol–water partition coefficient (Wildman–Crippen LogP) is 5.20. The molecule has 9 nitrogen and oxygen atoms in total. The fraction of sp³-hybridized carbons (Fsp3) is 0.346. The van der Waals surface area contributed by atoms with Crippen molar-refractivity contribution in [2.75, 3.05) is 27.4 Å². The molecule has 3 heterocycles. The van der Waals surface area contributed by atoms with Gasteiger partial charge >= 0.3 is 11.9 Å². The van der Waals surface area contributed by atoms with Crippen LogP contribution in [-0.4, -0.2) is 48.8 Å². The number of imidazole rings is 1. The lowest BCUT2D eigenvalue weighted by atomic mass is 9.81. The van der Waals surface area contributed by atoms with E-state index >= 15 is 0 Å².